The number of amidine groups is 1. The zero-order valence-electron chi connectivity index (χ0n) is 16.3. The normalized spacial score (nSPS) is 17.0. The van der Waals surface area contributed by atoms with E-state index in [0.717, 1.165) is 11.3 Å². The lowest BCUT2D eigenvalue weighted by Gasteiger charge is -2.23. The Morgan fingerprint density at radius 3 is 2.50 bits per heavy atom. The van der Waals surface area contributed by atoms with Crippen LogP contribution in [0.1, 0.15) is 5.56 Å². The second-order valence-corrected chi connectivity index (χ2v) is 7.54. The van der Waals surface area contributed by atoms with Crippen molar-refractivity contribution in [1.29, 1.82) is 0 Å². The topological polar surface area (TPSA) is 75.1 Å². The molecule has 0 unspecified atom stereocenters. The molecule has 1 heterocycles. The van der Waals surface area contributed by atoms with Crippen molar-refractivity contribution < 1.29 is 9.53 Å². The number of hydrazone groups is 1. The van der Waals surface area contributed by atoms with Crippen LogP contribution in [0, 0.1) is 0 Å². The molecule has 1 atom stereocenters. The van der Waals surface area contributed by atoms with Crippen molar-refractivity contribution in [3.8, 4) is 5.75 Å². The highest BCUT2D eigenvalue weighted by Gasteiger charge is 2.32. The first kappa shape index (κ1) is 19.7. The van der Waals surface area contributed by atoms with Crippen LogP contribution in [-0.2, 0) is 4.79 Å². The maximum absolute atomic E-state index is 13.2. The average Bonchev–Trinajstić information content (AvgIpc) is 2.80. The molecule has 0 saturated heterocycles. The van der Waals surface area contributed by atoms with Crippen molar-refractivity contribution in [3.05, 3.63) is 90.5 Å². The molecule has 0 spiro atoms. The molecule has 1 amide bonds. The summed E-state index contributed by atoms with van der Waals surface area (Å²) in [6.07, 6.45) is 0. The predicted octanol–water partition coefficient (Wildman–Crippen LogP) is 4.43. The number of hydrogen-bond donors (Lipinski definition) is 2. The second-order valence-electron chi connectivity index (χ2n) is 6.45. The van der Waals surface area contributed by atoms with E-state index < -0.39 is 5.25 Å². The van der Waals surface area contributed by atoms with Crippen LogP contribution in [0.25, 0.3) is 0 Å². The number of ether oxygens (including phenoxy) is 1. The van der Waals surface area contributed by atoms with Crippen LogP contribution in [0.15, 0.2) is 95.0 Å². The Kier molecular flexibility index (Phi) is 6.10. The number of hydrogen-bond acceptors (Lipinski definition) is 5. The predicted molar refractivity (Wildman–Crippen MR) is 123 cm³/mol. The molecule has 30 heavy (non-hydrogen) atoms. The molecule has 0 fully saturated rings. The molecule has 6 nitrogen and oxygen atoms in total. The summed E-state index contributed by atoms with van der Waals surface area (Å²) in [7, 11) is 1.59. The maximum Gasteiger partial charge on any atom is 0.244 e. The van der Waals surface area contributed by atoms with Gasteiger partial charge in [0.05, 0.1) is 18.5 Å². The van der Waals surface area contributed by atoms with E-state index in [1.54, 1.807) is 13.2 Å². The van der Waals surface area contributed by atoms with Crippen LogP contribution < -0.4 is 15.5 Å². The van der Waals surface area contributed by atoms with E-state index in [9.17, 15) is 4.79 Å². The van der Waals surface area contributed by atoms with Crippen LogP contribution in [-0.4, -0.2) is 29.1 Å². The summed E-state index contributed by atoms with van der Waals surface area (Å²) in [5, 5.41) is 7.45. The van der Waals surface area contributed by atoms with Crippen molar-refractivity contribution in [3.63, 3.8) is 0 Å². The van der Waals surface area contributed by atoms with Crippen molar-refractivity contribution >= 4 is 39.9 Å². The zero-order chi connectivity index (χ0) is 20.8. The first-order valence-electron chi connectivity index (χ1n) is 9.37. The van der Waals surface area contributed by atoms with Gasteiger partial charge in [0.15, 0.2) is 5.17 Å². The molecule has 3 aromatic carbocycles. The standard InChI is InChI=1S/C23H20N4O2S/c1-29-19-14-8-13-18(15-19)24-22(28)21-20(16-9-4-2-5-10-16)26-27-23(30-21)25-17-11-6-3-7-12-17/h2-15,21H,1H3,(H,24,28)(H,25,27)/t21-/m1/s1. The second kappa shape index (κ2) is 9.28. The quantitative estimate of drug-likeness (QED) is 0.645. The van der Waals surface area contributed by atoms with E-state index in [1.165, 1.54) is 11.8 Å². The summed E-state index contributed by atoms with van der Waals surface area (Å²) in [5.74, 6) is 0.493. The van der Waals surface area contributed by atoms with Crippen LogP contribution >= 0.6 is 11.8 Å². The van der Waals surface area contributed by atoms with Gasteiger partial charge >= 0.3 is 0 Å². The lowest BCUT2D eigenvalue weighted by atomic mass is 10.1. The van der Waals surface area contributed by atoms with Gasteiger partial charge in [-0.05, 0) is 29.8 Å². The summed E-state index contributed by atoms with van der Waals surface area (Å²) in [5.41, 5.74) is 5.96. The molecule has 3 aromatic rings. The van der Waals surface area contributed by atoms with Crippen LogP contribution in [0.3, 0.4) is 0 Å². The van der Waals surface area contributed by atoms with Gasteiger partial charge in [-0.3, -0.25) is 10.2 Å². The minimum absolute atomic E-state index is 0.182. The highest BCUT2D eigenvalue weighted by molar-refractivity contribution is 8.15. The summed E-state index contributed by atoms with van der Waals surface area (Å²) < 4.78 is 5.25. The number of carbonyl (C=O) groups is 1. The van der Waals surface area contributed by atoms with Crippen molar-refractivity contribution in [2.75, 3.05) is 12.4 Å². The Labute approximate surface area is 179 Å². The first-order valence-corrected chi connectivity index (χ1v) is 10.3. The summed E-state index contributed by atoms with van der Waals surface area (Å²) in [6.45, 7) is 0. The number of nitrogens with one attached hydrogen (secondary N) is 2. The molecular weight excluding hydrogens is 396 g/mol. The Balaban J connectivity index is 1.63. The Hall–Kier alpha value is -3.58. The van der Waals surface area contributed by atoms with E-state index in [1.807, 2.05) is 78.9 Å². The maximum atomic E-state index is 13.2. The van der Waals surface area contributed by atoms with Crippen molar-refractivity contribution in [2.45, 2.75) is 5.25 Å². The largest absolute Gasteiger partial charge is 0.497 e. The molecular formula is C23H20N4O2S. The van der Waals surface area contributed by atoms with Gasteiger partial charge in [0, 0.05) is 11.8 Å². The third kappa shape index (κ3) is 4.69. The van der Waals surface area contributed by atoms with Gasteiger partial charge < -0.3 is 10.1 Å². The van der Waals surface area contributed by atoms with Gasteiger partial charge in [0.2, 0.25) is 5.91 Å². The van der Waals surface area contributed by atoms with Gasteiger partial charge in [-0.25, -0.2) is 4.99 Å². The molecule has 0 saturated carbocycles. The number of aliphatic imine (C=N–C) groups is 1. The van der Waals surface area contributed by atoms with E-state index in [4.69, 9.17) is 4.74 Å². The Morgan fingerprint density at radius 1 is 1.03 bits per heavy atom. The van der Waals surface area contributed by atoms with E-state index in [2.05, 4.69) is 20.8 Å². The van der Waals surface area contributed by atoms with Crippen molar-refractivity contribution in [2.24, 2.45) is 10.1 Å². The minimum Gasteiger partial charge on any atom is -0.497 e. The highest BCUT2D eigenvalue weighted by Crippen LogP contribution is 2.26. The number of benzene rings is 3. The fourth-order valence-corrected chi connectivity index (χ4v) is 3.89. The first-order chi connectivity index (χ1) is 14.7. The van der Waals surface area contributed by atoms with Gasteiger partial charge in [0.1, 0.15) is 11.0 Å². The van der Waals surface area contributed by atoms with Gasteiger partial charge in [-0.2, -0.15) is 5.10 Å². The molecule has 0 aliphatic carbocycles. The van der Waals surface area contributed by atoms with E-state index in [0.29, 0.717) is 22.3 Å². The number of thioether (sulfide) groups is 1. The van der Waals surface area contributed by atoms with E-state index in [-0.39, 0.29) is 5.91 Å². The molecule has 4 rings (SSSR count). The third-order valence-corrected chi connectivity index (χ3v) is 5.46. The van der Waals surface area contributed by atoms with Crippen LogP contribution in [0.2, 0.25) is 0 Å². The third-order valence-electron chi connectivity index (χ3n) is 4.38. The molecule has 0 radical (unpaired) electrons. The number of methoxy groups -OCH3 is 1. The van der Waals surface area contributed by atoms with Crippen molar-refractivity contribution in [1.82, 2.24) is 5.43 Å². The monoisotopic (exact) mass is 416 g/mol. The summed E-state index contributed by atoms with van der Waals surface area (Å²) in [6, 6.07) is 26.5. The smallest absolute Gasteiger partial charge is 0.244 e. The SMILES string of the molecule is COc1cccc(NC(=O)[C@@H]2SC(=Nc3ccccc3)NN=C2c2ccccc2)c1. The van der Waals surface area contributed by atoms with E-state index >= 15 is 0 Å². The molecule has 150 valence electrons. The molecule has 0 bridgehead atoms. The zero-order valence-corrected chi connectivity index (χ0v) is 17.1. The average molecular weight is 417 g/mol. The molecule has 2 N–H and O–H groups in total. The lowest BCUT2D eigenvalue weighted by Crippen LogP contribution is -2.40. The Morgan fingerprint density at radius 2 is 1.77 bits per heavy atom. The number of amides is 1. The van der Waals surface area contributed by atoms with Gasteiger partial charge in [-0.15, -0.1) is 0 Å². The fraction of sp³-hybridized carbons (Fsp3) is 0.0870. The lowest BCUT2D eigenvalue weighted by molar-refractivity contribution is -0.114. The number of para-hydroxylation sites is 1. The minimum atomic E-state index is -0.567. The number of anilines is 1. The molecule has 1 aliphatic rings. The summed E-state index contributed by atoms with van der Waals surface area (Å²) in [4.78, 5) is 17.8. The highest BCUT2D eigenvalue weighted by atomic mass is 32.2. The molecule has 0 aromatic heterocycles. The van der Waals surface area contributed by atoms with Crippen LogP contribution in [0.4, 0.5) is 11.4 Å². The van der Waals surface area contributed by atoms with Gasteiger partial charge in [0.25, 0.3) is 0 Å². The Bertz CT molecular complexity index is 1080. The summed E-state index contributed by atoms with van der Waals surface area (Å²) >= 11 is 1.33. The van der Waals surface area contributed by atoms with Gasteiger partial charge in [-0.1, -0.05) is 66.4 Å². The van der Waals surface area contributed by atoms with Crippen LogP contribution in [0.5, 0.6) is 5.75 Å². The molecule has 7 heteroatoms. The number of carbonyl (C=O) groups excluding carboxylic acids is 1. The number of rotatable bonds is 5. The number of nitrogens with zero attached hydrogens (tertiary/aromatic N) is 2. The fourth-order valence-electron chi connectivity index (χ4n) is 2.94. The molecule has 1 aliphatic heterocycles.